The van der Waals surface area contributed by atoms with Gasteiger partial charge in [-0.15, -0.1) is 0 Å². The van der Waals surface area contributed by atoms with Crippen LogP contribution in [0.25, 0.3) is 0 Å². The molecule has 0 amide bonds. The molecule has 0 aliphatic carbocycles. The fraction of sp³-hybridized carbons (Fsp3) is 0.462. The molecule has 2 rings (SSSR count). The Hall–Kier alpha value is -1.53. The lowest BCUT2D eigenvalue weighted by molar-refractivity contribution is 0.0905. The smallest absolute Gasteiger partial charge is 0.179 e. The second kappa shape index (κ2) is 5.53. The Morgan fingerprint density at radius 3 is 2.88 bits per heavy atom. The predicted octanol–water partition coefficient (Wildman–Crippen LogP) is 2.01. The van der Waals surface area contributed by atoms with Crippen LogP contribution in [0.15, 0.2) is 30.3 Å². The number of nitrogens with zero attached hydrogens (tertiary/aromatic N) is 2. The molecular formula is C13H16N2O. The van der Waals surface area contributed by atoms with Gasteiger partial charge in [0.05, 0.1) is 13.2 Å². The molecule has 84 valence electrons. The molecular weight excluding hydrogens is 200 g/mol. The molecule has 1 saturated heterocycles. The second-order valence-corrected chi connectivity index (χ2v) is 4.20. The summed E-state index contributed by atoms with van der Waals surface area (Å²) in [5.74, 6) is 0.517. The molecule has 0 saturated carbocycles. The van der Waals surface area contributed by atoms with Gasteiger partial charge >= 0.3 is 0 Å². The minimum Gasteiger partial charge on any atom is -0.376 e. The van der Waals surface area contributed by atoms with Crippen molar-refractivity contribution < 1.29 is 4.74 Å². The summed E-state index contributed by atoms with van der Waals surface area (Å²) >= 11 is 0. The van der Waals surface area contributed by atoms with Gasteiger partial charge in [0.1, 0.15) is 0 Å². The normalized spacial score (nSPS) is 19.7. The van der Waals surface area contributed by atoms with Gasteiger partial charge in [-0.25, -0.2) is 0 Å². The summed E-state index contributed by atoms with van der Waals surface area (Å²) in [6, 6.07) is 10.2. The van der Waals surface area contributed by atoms with Crippen molar-refractivity contribution in [2.75, 3.05) is 19.7 Å². The third-order valence-corrected chi connectivity index (χ3v) is 2.89. The standard InChI is InChI=1S/C13H16N2O/c14-11-15-7-6-13(8-15)10-16-9-12-4-2-1-3-5-12/h1-5,13H,6-10H2/t13-/m0/s1. The van der Waals surface area contributed by atoms with E-state index in [1.165, 1.54) is 5.56 Å². The Labute approximate surface area is 96.2 Å². The van der Waals surface area contributed by atoms with Crippen LogP contribution in [0.2, 0.25) is 0 Å². The maximum Gasteiger partial charge on any atom is 0.179 e. The Morgan fingerprint density at radius 2 is 2.19 bits per heavy atom. The first kappa shape index (κ1) is 11.0. The highest BCUT2D eigenvalue weighted by molar-refractivity contribution is 5.13. The molecule has 1 aliphatic rings. The van der Waals surface area contributed by atoms with Crippen molar-refractivity contribution in [3.05, 3.63) is 35.9 Å². The number of rotatable bonds is 4. The summed E-state index contributed by atoms with van der Waals surface area (Å²) in [4.78, 5) is 1.80. The first-order chi connectivity index (χ1) is 7.88. The summed E-state index contributed by atoms with van der Waals surface area (Å²) in [7, 11) is 0. The molecule has 1 aromatic carbocycles. The van der Waals surface area contributed by atoms with E-state index in [-0.39, 0.29) is 0 Å². The van der Waals surface area contributed by atoms with E-state index in [1.54, 1.807) is 4.90 Å². The van der Waals surface area contributed by atoms with Crippen LogP contribution in [0.1, 0.15) is 12.0 Å². The zero-order chi connectivity index (χ0) is 11.2. The average Bonchev–Trinajstić information content (AvgIpc) is 2.78. The average molecular weight is 216 g/mol. The molecule has 0 spiro atoms. The van der Waals surface area contributed by atoms with Crippen molar-refractivity contribution in [2.24, 2.45) is 5.92 Å². The van der Waals surface area contributed by atoms with Gasteiger partial charge in [0, 0.05) is 19.0 Å². The highest BCUT2D eigenvalue weighted by atomic mass is 16.5. The van der Waals surface area contributed by atoms with E-state index in [9.17, 15) is 0 Å². The summed E-state index contributed by atoms with van der Waals surface area (Å²) in [6.07, 6.45) is 3.25. The molecule has 1 aliphatic heterocycles. The number of nitriles is 1. The molecule has 0 bridgehead atoms. The van der Waals surface area contributed by atoms with Crippen molar-refractivity contribution in [2.45, 2.75) is 13.0 Å². The monoisotopic (exact) mass is 216 g/mol. The molecule has 16 heavy (non-hydrogen) atoms. The third-order valence-electron chi connectivity index (χ3n) is 2.89. The van der Waals surface area contributed by atoms with E-state index in [1.807, 2.05) is 18.2 Å². The summed E-state index contributed by atoms with van der Waals surface area (Å²) < 4.78 is 5.66. The number of ether oxygens (including phenoxy) is 1. The fourth-order valence-corrected chi connectivity index (χ4v) is 1.98. The first-order valence-electron chi connectivity index (χ1n) is 5.65. The molecule has 1 fully saturated rings. The molecule has 0 N–H and O–H groups in total. The zero-order valence-corrected chi connectivity index (χ0v) is 9.30. The lowest BCUT2D eigenvalue weighted by Crippen LogP contribution is -2.16. The lowest BCUT2D eigenvalue weighted by atomic mass is 10.1. The Kier molecular flexibility index (Phi) is 3.79. The highest BCUT2D eigenvalue weighted by Gasteiger charge is 2.21. The van der Waals surface area contributed by atoms with Gasteiger partial charge in [-0.3, -0.25) is 0 Å². The molecule has 3 nitrogen and oxygen atoms in total. The van der Waals surface area contributed by atoms with Crippen LogP contribution in [0.4, 0.5) is 0 Å². The largest absolute Gasteiger partial charge is 0.376 e. The maximum atomic E-state index is 8.72. The van der Waals surface area contributed by atoms with E-state index in [0.717, 1.165) is 26.1 Å². The highest BCUT2D eigenvalue weighted by Crippen LogP contribution is 2.15. The number of hydrogen-bond donors (Lipinski definition) is 0. The van der Waals surface area contributed by atoms with Gasteiger partial charge in [0.25, 0.3) is 0 Å². The van der Waals surface area contributed by atoms with Gasteiger partial charge < -0.3 is 9.64 Å². The molecule has 3 heteroatoms. The topological polar surface area (TPSA) is 36.3 Å². The van der Waals surface area contributed by atoms with Crippen LogP contribution in [0.5, 0.6) is 0 Å². The van der Waals surface area contributed by atoms with E-state index >= 15 is 0 Å². The molecule has 0 aromatic heterocycles. The Bertz CT molecular complexity index is 358. The molecule has 0 unspecified atom stereocenters. The molecule has 1 atom stereocenters. The van der Waals surface area contributed by atoms with E-state index in [4.69, 9.17) is 10.00 Å². The van der Waals surface area contributed by atoms with Gasteiger partial charge in [0.2, 0.25) is 0 Å². The third kappa shape index (κ3) is 2.98. The molecule has 1 aromatic rings. The SMILES string of the molecule is N#CN1CC[C@H](COCc2ccccc2)C1. The summed E-state index contributed by atoms with van der Waals surface area (Å²) in [6.45, 7) is 3.16. The number of likely N-dealkylation sites (tertiary alicyclic amines) is 1. The van der Waals surface area contributed by atoms with Crippen molar-refractivity contribution in [3.8, 4) is 6.19 Å². The quantitative estimate of drug-likeness (QED) is 0.722. The maximum absolute atomic E-state index is 8.72. The summed E-state index contributed by atoms with van der Waals surface area (Å²) in [5, 5.41) is 8.72. The second-order valence-electron chi connectivity index (χ2n) is 4.20. The van der Waals surface area contributed by atoms with Crippen molar-refractivity contribution in [1.29, 1.82) is 5.26 Å². The van der Waals surface area contributed by atoms with Crippen LogP contribution in [0, 0.1) is 17.4 Å². The fourth-order valence-electron chi connectivity index (χ4n) is 1.98. The minimum absolute atomic E-state index is 0.517. The number of hydrogen-bond acceptors (Lipinski definition) is 3. The number of benzene rings is 1. The van der Waals surface area contributed by atoms with Crippen molar-refractivity contribution >= 4 is 0 Å². The van der Waals surface area contributed by atoms with Gasteiger partial charge in [0.15, 0.2) is 6.19 Å². The zero-order valence-electron chi connectivity index (χ0n) is 9.30. The predicted molar refractivity (Wildman–Crippen MR) is 61.4 cm³/mol. The van der Waals surface area contributed by atoms with Crippen molar-refractivity contribution in [3.63, 3.8) is 0 Å². The van der Waals surface area contributed by atoms with Crippen molar-refractivity contribution in [1.82, 2.24) is 4.90 Å². The Balaban J connectivity index is 1.68. The molecule has 0 radical (unpaired) electrons. The molecule has 1 heterocycles. The van der Waals surface area contributed by atoms with E-state index in [0.29, 0.717) is 12.5 Å². The Morgan fingerprint density at radius 1 is 1.38 bits per heavy atom. The van der Waals surface area contributed by atoms with E-state index in [2.05, 4.69) is 18.3 Å². The van der Waals surface area contributed by atoms with Gasteiger partial charge in [-0.1, -0.05) is 30.3 Å². The van der Waals surface area contributed by atoms with Crippen LogP contribution >= 0.6 is 0 Å². The summed E-state index contributed by atoms with van der Waals surface area (Å²) in [5.41, 5.74) is 1.21. The van der Waals surface area contributed by atoms with E-state index < -0.39 is 0 Å². The minimum atomic E-state index is 0.517. The van der Waals surface area contributed by atoms with Crippen LogP contribution < -0.4 is 0 Å². The first-order valence-corrected chi connectivity index (χ1v) is 5.65. The van der Waals surface area contributed by atoms with Crippen LogP contribution in [0.3, 0.4) is 0 Å². The lowest BCUT2D eigenvalue weighted by Gasteiger charge is -2.10. The van der Waals surface area contributed by atoms with Gasteiger partial charge in [-0.2, -0.15) is 5.26 Å². The van der Waals surface area contributed by atoms with Crippen LogP contribution in [-0.2, 0) is 11.3 Å². The van der Waals surface area contributed by atoms with Crippen LogP contribution in [-0.4, -0.2) is 24.6 Å². The van der Waals surface area contributed by atoms with Gasteiger partial charge in [-0.05, 0) is 12.0 Å².